The molecule has 1 atom stereocenters. The zero-order valence-corrected chi connectivity index (χ0v) is 12.0. The number of nitriles is 1. The number of carbonyl (C=O) groups excluding carboxylic acids is 1. The van der Waals surface area contributed by atoms with Crippen LogP contribution in [0.25, 0.3) is 11.0 Å². The molecule has 22 heavy (non-hydrogen) atoms. The largest absolute Gasteiger partial charge is 0.342 e. The van der Waals surface area contributed by atoms with Gasteiger partial charge in [0, 0.05) is 5.56 Å². The van der Waals surface area contributed by atoms with E-state index in [9.17, 15) is 4.79 Å². The van der Waals surface area contributed by atoms with Gasteiger partial charge in [0.2, 0.25) is 0 Å². The number of para-hydroxylation sites is 2. The Morgan fingerprint density at radius 1 is 1.27 bits per heavy atom. The average Bonchev–Trinajstić information content (AvgIpc) is 2.99. The molecule has 2 aromatic carbocycles. The highest BCUT2D eigenvalue weighted by atomic mass is 16.1. The maximum atomic E-state index is 12.2. The molecular weight excluding hydrogens is 276 g/mol. The fourth-order valence-electron chi connectivity index (χ4n) is 2.26. The molecule has 0 fully saturated rings. The number of carbonyl (C=O) groups is 1. The summed E-state index contributed by atoms with van der Waals surface area (Å²) in [4.78, 5) is 19.9. The van der Waals surface area contributed by atoms with Crippen molar-refractivity contribution in [1.82, 2.24) is 15.3 Å². The second-order valence-electron chi connectivity index (χ2n) is 5.03. The molecule has 0 aliphatic carbocycles. The van der Waals surface area contributed by atoms with E-state index in [1.165, 1.54) is 0 Å². The molecule has 1 amide bonds. The van der Waals surface area contributed by atoms with Crippen LogP contribution in [0, 0.1) is 11.3 Å². The van der Waals surface area contributed by atoms with Crippen LogP contribution in [0.5, 0.6) is 0 Å². The molecule has 108 valence electrons. The number of imidazole rings is 1. The van der Waals surface area contributed by atoms with Gasteiger partial charge in [-0.25, -0.2) is 4.98 Å². The highest BCUT2D eigenvalue weighted by Gasteiger charge is 2.15. The van der Waals surface area contributed by atoms with Crippen LogP contribution >= 0.6 is 0 Å². The van der Waals surface area contributed by atoms with Crippen LogP contribution in [0.15, 0.2) is 48.5 Å². The number of fused-ring (bicyclic) bond motifs is 1. The quantitative estimate of drug-likeness (QED) is 0.778. The number of aromatic amines is 1. The molecule has 0 aliphatic rings. The highest BCUT2D eigenvalue weighted by Crippen LogP contribution is 2.16. The second-order valence-corrected chi connectivity index (χ2v) is 5.03. The van der Waals surface area contributed by atoms with Gasteiger partial charge in [-0.1, -0.05) is 18.2 Å². The minimum Gasteiger partial charge on any atom is -0.342 e. The number of H-pyrrole nitrogens is 1. The molecule has 1 aromatic heterocycles. The van der Waals surface area contributed by atoms with Gasteiger partial charge in [-0.2, -0.15) is 5.26 Å². The van der Waals surface area contributed by atoms with Crippen molar-refractivity contribution < 1.29 is 4.79 Å². The van der Waals surface area contributed by atoms with Crippen molar-refractivity contribution in [2.75, 3.05) is 0 Å². The standard InChI is InChI=1S/C17H14N4O/c1-11(16-20-14-7-2-3-8-15(14)21-16)19-17(22)13-6-4-5-12(9-13)10-18/h2-9,11H,1H3,(H,19,22)(H,20,21)/t11-/m0/s1. The molecule has 5 nitrogen and oxygen atoms in total. The Labute approximate surface area is 127 Å². The predicted molar refractivity (Wildman–Crippen MR) is 83.1 cm³/mol. The molecule has 2 N–H and O–H groups in total. The first-order valence-corrected chi connectivity index (χ1v) is 6.93. The minimum atomic E-state index is -0.259. The van der Waals surface area contributed by atoms with Gasteiger partial charge in [0.25, 0.3) is 5.91 Å². The zero-order valence-electron chi connectivity index (χ0n) is 12.0. The lowest BCUT2D eigenvalue weighted by atomic mass is 10.1. The molecule has 5 heteroatoms. The van der Waals surface area contributed by atoms with Crippen molar-refractivity contribution in [2.45, 2.75) is 13.0 Å². The summed E-state index contributed by atoms with van der Waals surface area (Å²) in [6.07, 6.45) is 0. The van der Waals surface area contributed by atoms with Gasteiger partial charge < -0.3 is 10.3 Å². The lowest BCUT2D eigenvalue weighted by Gasteiger charge is -2.11. The molecule has 0 aliphatic heterocycles. The number of hydrogen-bond acceptors (Lipinski definition) is 3. The average molecular weight is 290 g/mol. The normalized spacial score (nSPS) is 11.8. The van der Waals surface area contributed by atoms with Crippen molar-refractivity contribution in [3.8, 4) is 6.07 Å². The molecule has 1 heterocycles. The lowest BCUT2D eigenvalue weighted by molar-refractivity contribution is 0.0938. The van der Waals surface area contributed by atoms with Crippen LogP contribution in [-0.4, -0.2) is 15.9 Å². The topological polar surface area (TPSA) is 81.6 Å². The predicted octanol–water partition coefficient (Wildman–Crippen LogP) is 2.93. The summed E-state index contributed by atoms with van der Waals surface area (Å²) in [7, 11) is 0. The van der Waals surface area contributed by atoms with E-state index in [0.29, 0.717) is 17.0 Å². The fourth-order valence-corrected chi connectivity index (χ4v) is 2.26. The molecular formula is C17H14N4O. The second kappa shape index (κ2) is 5.70. The van der Waals surface area contributed by atoms with E-state index >= 15 is 0 Å². The third-order valence-electron chi connectivity index (χ3n) is 3.42. The van der Waals surface area contributed by atoms with Crippen LogP contribution in [0.3, 0.4) is 0 Å². The van der Waals surface area contributed by atoms with E-state index in [-0.39, 0.29) is 11.9 Å². The van der Waals surface area contributed by atoms with E-state index < -0.39 is 0 Å². The number of amides is 1. The minimum absolute atomic E-state index is 0.231. The van der Waals surface area contributed by atoms with E-state index in [1.807, 2.05) is 37.3 Å². The van der Waals surface area contributed by atoms with E-state index in [2.05, 4.69) is 15.3 Å². The summed E-state index contributed by atoms with van der Waals surface area (Å²) in [6.45, 7) is 1.86. The van der Waals surface area contributed by atoms with Crippen molar-refractivity contribution in [1.29, 1.82) is 5.26 Å². The van der Waals surface area contributed by atoms with Crippen LogP contribution in [0.1, 0.15) is 34.7 Å². The number of aromatic nitrogens is 2. The number of rotatable bonds is 3. The first kappa shape index (κ1) is 13.8. The van der Waals surface area contributed by atoms with Gasteiger partial charge in [-0.15, -0.1) is 0 Å². The first-order valence-electron chi connectivity index (χ1n) is 6.93. The third kappa shape index (κ3) is 2.67. The van der Waals surface area contributed by atoms with E-state index in [4.69, 9.17) is 5.26 Å². The van der Waals surface area contributed by atoms with Crippen LogP contribution in [0.2, 0.25) is 0 Å². The Kier molecular flexibility index (Phi) is 3.58. The summed E-state index contributed by atoms with van der Waals surface area (Å²) in [5.74, 6) is 0.469. The van der Waals surface area contributed by atoms with Gasteiger partial charge in [-0.3, -0.25) is 4.79 Å². The highest BCUT2D eigenvalue weighted by molar-refractivity contribution is 5.94. The first-order chi connectivity index (χ1) is 10.7. The van der Waals surface area contributed by atoms with Crippen LogP contribution in [-0.2, 0) is 0 Å². The smallest absolute Gasteiger partial charge is 0.251 e. The van der Waals surface area contributed by atoms with Gasteiger partial charge in [-0.05, 0) is 37.3 Å². The monoisotopic (exact) mass is 290 g/mol. The van der Waals surface area contributed by atoms with Gasteiger partial charge in [0.1, 0.15) is 5.82 Å². The third-order valence-corrected chi connectivity index (χ3v) is 3.42. The van der Waals surface area contributed by atoms with Crippen molar-refractivity contribution in [3.63, 3.8) is 0 Å². The van der Waals surface area contributed by atoms with Crippen molar-refractivity contribution in [2.24, 2.45) is 0 Å². The summed E-state index contributed by atoms with van der Waals surface area (Å²) < 4.78 is 0. The Balaban J connectivity index is 1.79. The summed E-state index contributed by atoms with van der Waals surface area (Å²) >= 11 is 0. The van der Waals surface area contributed by atoms with Crippen molar-refractivity contribution >= 4 is 16.9 Å². The molecule has 0 saturated carbocycles. The Morgan fingerprint density at radius 2 is 2.09 bits per heavy atom. The number of nitrogens with zero attached hydrogens (tertiary/aromatic N) is 2. The van der Waals surface area contributed by atoms with Crippen LogP contribution in [0.4, 0.5) is 0 Å². The molecule has 0 unspecified atom stereocenters. The molecule has 0 spiro atoms. The van der Waals surface area contributed by atoms with Gasteiger partial charge in [0.05, 0.1) is 28.7 Å². The molecule has 3 aromatic rings. The SMILES string of the molecule is C[C@H](NC(=O)c1cccc(C#N)c1)c1nc2ccccc2[nH]1. The maximum Gasteiger partial charge on any atom is 0.251 e. The van der Waals surface area contributed by atoms with Gasteiger partial charge >= 0.3 is 0 Å². The fraction of sp³-hybridized carbons (Fsp3) is 0.118. The Morgan fingerprint density at radius 3 is 2.86 bits per heavy atom. The number of benzene rings is 2. The molecule has 0 bridgehead atoms. The Bertz CT molecular complexity index is 842. The molecule has 3 rings (SSSR count). The summed E-state index contributed by atoms with van der Waals surface area (Å²) in [5.41, 5.74) is 2.72. The zero-order chi connectivity index (χ0) is 15.5. The van der Waals surface area contributed by atoms with Crippen LogP contribution < -0.4 is 5.32 Å². The molecule has 0 radical (unpaired) electrons. The maximum absolute atomic E-state index is 12.2. The summed E-state index contributed by atoms with van der Waals surface area (Å²) in [6, 6.07) is 16.1. The lowest BCUT2D eigenvalue weighted by Crippen LogP contribution is -2.27. The number of hydrogen-bond donors (Lipinski definition) is 2. The summed E-state index contributed by atoms with van der Waals surface area (Å²) in [5, 5.41) is 11.8. The number of nitrogens with one attached hydrogen (secondary N) is 2. The molecule has 0 saturated heterocycles. The Hall–Kier alpha value is -3.13. The van der Waals surface area contributed by atoms with E-state index in [1.54, 1.807) is 24.3 Å². The van der Waals surface area contributed by atoms with Crippen molar-refractivity contribution in [3.05, 3.63) is 65.5 Å². The van der Waals surface area contributed by atoms with E-state index in [0.717, 1.165) is 11.0 Å². The van der Waals surface area contributed by atoms with Gasteiger partial charge in [0.15, 0.2) is 0 Å².